The number of amides is 2. The van der Waals surface area contributed by atoms with Crippen LogP contribution < -0.4 is 9.64 Å². The lowest BCUT2D eigenvalue weighted by Crippen LogP contribution is -2.58. The summed E-state index contributed by atoms with van der Waals surface area (Å²) >= 11 is 0. The van der Waals surface area contributed by atoms with Crippen LogP contribution in [0.4, 0.5) is 10.5 Å². The highest BCUT2D eigenvalue weighted by molar-refractivity contribution is 6.00. The number of ether oxygens (including phenoxy) is 2. The molecule has 10 heteroatoms. The number of rotatable bonds is 11. The summed E-state index contributed by atoms with van der Waals surface area (Å²) in [4.78, 5) is 51.1. The summed E-state index contributed by atoms with van der Waals surface area (Å²) in [5.41, 5.74) is 3.91. The van der Waals surface area contributed by atoms with Crippen LogP contribution in [0.25, 0.3) is 0 Å². The van der Waals surface area contributed by atoms with Crippen LogP contribution in [0.3, 0.4) is 0 Å². The number of carbonyl (C=O) groups excluding carboxylic acids is 2. The molecular weight excluding hydrogens is 596 g/mol. The van der Waals surface area contributed by atoms with Gasteiger partial charge in [0.15, 0.2) is 0 Å². The number of carbonyl (C=O) groups is 3. The highest BCUT2D eigenvalue weighted by Gasteiger charge is 2.40. The maximum atomic E-state index is 14.0. The van der Waals surface area contributed by atoms with Crippen molar-refractivity contribution in [3.05, 3.63) is 119 Å². The average molecular weight is 635 g/mol. The summed E-state index contributed by atoms with van der Waals surface area (Å²) in [6, 6.07) is 23.0. The number of esters is 1. The molecule has 1 atom stereocenters. The first-order valence-electron chi connectivity index (χ1n) is 16.1. The van der Waals surface area contributed by atoms with E-state index in [4.69, 9.17) is 14.5 Å². The number of carboxylic acid groups (broad SMARTS) is 1. The maximum absolute atomic E-state index is 14.0. The number of anilines is 1. The summed E-state index contributed by atoms with van der Waals surface area (Å²) in [5, 5.41) is 9.66. The number of likely N-dealkylation sites (tertiary alicyclic amines) is 1. The first-order valence-corrected chi connectivity index (χ1v) is 16.1. The van der Waals surface area contributed by atoms with E-state index in [0.29, 0.717) is 23.7 Å². The number of aromatic nitrogens is 2. The Hall–Kier alpha value is -5.25. The second kappa shape index (κ2) is 14.9. The molecule has 242 valence electrons. The molecule has 1 saturated heterocycles. The van der Waals surface area contributed by atoms with E-state index >= 15 is 0 Å². The van der Waals surface area contributed by atoms with E-state index in [0.717, 1.165) is 34.6 Å². The molecule has 0 spiro atoms. The number of hydrogen-bond acceptors (Lipinski definition) is 7. The van der Waals surface area contributed by atoms with Gasteiger partial charge in [-0.05, 0) is 42.5 Å². The molecule has 4 aromatic rings. The molecule has 2 heterocycles. The zero-order chi connectivity index (χ0) is 32.6. The predicted molar refractivity (Wildman–Crippen MR) is 175 cm³/mol. The van der Waals surface area contributed by atoms with Crippen LogP contribution in [0.1, 0.15) is 77.3 Å². The zero-order valence-electron chi connectivity index (χ0n) is 26.2. The van der Waals surface area contributed by atoms with Gasteiger partial charge in [-0.25, -0.2) is 9.59 Å². The molecule has 2 aliphatic rings. The molecule has 0 bridgehead atoms. The fraction of sp³-hybridized carbons (Fsp3) is 0.324. The van der Waals surface area contributed by atoms with E-state index in [-0.39, 0.29) is 43.5 Å². The Labute approximate surface area is 274 Å². The van der Waals surface area contributed by atoms with E-state index in [1.54, 1.807) is 30.6 Å². The number of hydrogen-bond donors (Lipinski definition) is 1. The standard InChI is InChI=1S/C37H38N4O6/c42-35(33-18-19-40(33)37(44)45)41(23-29-21-39-32(22-38-29)28-14-8-3-9-15-28)30-16-17-31(36(43)47-25-27-12-6-2-7-13-27)34(20-30)46-24-26-10-4-1-5-11-26/h1-2,4-7,10-13,16-17,20-22,28,33H,3,8-9,14-15,18-19,23-25H2,(H,44,45)/t33-/m1/s1. The third kappa shape index (κ3) is 7.77. The van der Waals surface area contributed by atoms with Gasteiger partial charge < -0.3 is 19.5 Å². The Bertz CT molecular complexity index is 1680. The molecule has 1 aromatic heterocycles. The molecule has 2 amide bonds. The Kier molecular flexibility index (Phi) is 10.1. The molecule has 47 heavy (non-hydrogen) atoms. The Morgan fingerprint density at radius 2 is 1.53 bits per heavy atom. The van der Waals surface area contributed by atoms with Crippen LogP contribution >= 0.6 is 0 Å². The predicted octanol–water partition coefficient (Wildman–Crippen LogP) is 6.75. The SMILES string of the molecule is O=C(OCc1ccccc1)c1ccc(N(Cc2cnc(C3CCCCC3)cn2)C(=O)[C@H]2CCN2C(=O)O)cc1OCc1ccccc1. The second-order valence-electron chi connectivity index (χ2n) is 12.0. The van der Waals surface area contributed by atoms with Crippen molar-refractivity contribution >= 4 is 23.7 Å². The summed E-state index contributed by atoms with van der Waals surface area (Å²) in [7, 11) is 0. The monoisotopic (exact) mass is 634 g/mol. The van der Waals surface area contributed by atoms with Gasteiger partial charge in [0.2, 0.25) is 5.91 Å². The first-order chi connectivity index (χ1) is 23.0. The van der Waals surface area contributed by atoms with Gasteiger partial charge in [-0.15, -0.1) is 0 Å². The fourth-order valence-corrected chi connectivity index (χ4v) is 6.07. The van der Waals surface area contributed by atoms with E-state index in [2.05, 4.69) is 4.98 Å². The van der Waals surface area contributed by atoms with Crippen molar-refractivity contribution in [1.82, 2.24) is 14.9 Å². The van der Waals surface area contributed by atoms with Gasteiger partial charge in [-0.2, -0.15) is 0 Å². The minimum Gasteiger partial charge on any atom is -0.488 e. The highest BCUT2D eigenvalue weighted by Crippen LogP contribution is 2.33. The van der Waals surface area contributed by atoms with E-state index < -0.39 is 18.1 Å². The lowest BCUT2D eigenvalue weighted by atomic mass is 9.87. The Balaban J connectivity index is 1.30. The van der Waals surface area contributed by atoms with E-state index in [9.17, 15) is 19.5 Å². The van der Waals surface area contributed by atoms with Crippen LogP contribution in [0.15, 0.2) is 91.3 Å². The molecular formula is C37H38N4O6. The molecule has 1 saturated carbocycles. The number of benzene rings is 3. The molecule has 6 rings (SSSR count). The summed E-state index contributed by atoms with van der Waals surface area (Å²) in [5.74, 6) is -0.322. The van der Waals surface area contributed by atoms with Gasteiger partial charge in [0.1, 0.15) is 30.6 Å². The van der Waals surface area contributed by atoms with Crippen molar-refractivity contribution in [2.75, 3.05) is 11.4 Å². The Morgan fingerprint density at radius 3 is 2.15 bits per heavy atom. The molecule has 1 aliphatic heterocycles. The average Bonchev–Trinajstić information content (AvgIpc) is 3.09. The van der Waals surface area contributed by atoms with Gasteiger partial charge >= 0.3 is 12.1 Å². The summed E-state index contributed by atoms with van der Waals surface area (Å²) < 4.78 is 11.8. The van der Waals surface area contributed by atoms with Crippen molar-refractivity contribution in [1.29, 1.82) is 0 Å². The summed E-state index contributed by atoms with van der Waals surface area (Å²) in [6.07, 6.45) is 8.56. The lowest BCUT2D eigenvalue weighted by Gasteiger charge is -2.40. The van der Waals surface area contributed by atoms with Crippen LogP contribution in [0, 0.1) is 0 Å². The smallest absolute Gasteiger partial charge is 0.407 e. The molecule has 0 radical (unpaired) electrons. The lowest BCUT2D eigenvalue weighted by molar-refractivity contribution is -0.127. The third-order valence-electron chi connectivity index (χ3n) is 8.83. The van der Waals surface area contributed by atoms with Crippen LogP contribution in [0.5, 0.6) is 5.75 Å². The molecule has 1 N–H and O–H groups in total. The first kappa shape index (κ1) is 31.7. The van der Waals surface area contributed by atoms with Crippen molar-refractivity contribution in [2.24, 2.45) is 0 Å². The van der Waals surface area contributed by atoms with Crippen molar-refractivity contribution in [2.45, 2.75) is 70.2 Å². The van der Waals surface area contributed by atoms with Crippen molar-refractivity contribution in [3.8, 4) is 5.75 Å². The van der Waals surface area contributed by atoms with Gasteiger partial charge in [-0.3, -0.25) is 19.7 Å². The van der Waals surface area contributed by atoms with Crippen LogP contribution in [-0.2, 0) is 29.3 Å². The number of nitrogens with zero attached hydrogens (tertiary/aromatic N) is 4. The van der Waals surface area contributed by atoms with Gasteiger partial charge in [0.05, 0.1) is 24.1 Å². The molecule has 2 fully saturated rings. The fourth-order valence-electron chi connectivity index (χ4n) is 6.07. The van der Waals surface area contributed by atoms with E-state index in [1.165, 1.54) is 24.2 Å². The van der Waals surface area contributed by atoms with E-state index in [1.807, 2.05) is 60.7 Å². The maximum Gasteiger partial charge on any atom is 0.407 e. The minimum atomic E-state index is -1.14. The highest BCUT2D eigenvalue weighted by atomic mass is 16.5. The Morgan fingerprint density at radius 1 is 0.830 bits per heavy atom. The largest absolute Gasteiger partial charge is 0.488 e. The van der Waals surface area contributed by atoms with Crippen LogP contribution in [-0.4, -0.2) is 50.5 Å². The topological polar surface area (TPSA) is 122 Å². The van der Waals surface area contributed by atoms with Gasteiger partial charge in [-0.1, -0.05) is 79.9 Å². The minimum absolute atomic E-state index is 0.0661. The third-order valence-corrected chi connectivity index (χ3v) is 8.83. The molecule has 10 nitrogen and oxygen atoms in total. The molecule has 1 aliphatic carbocycles. The van der Waals surface area contributed by atoms with Gasteiger partial charge in [0, 0.05) is 30.4 Å². The molecule has 0 unspecified atom stereocenters. The zero-order valence-corrected chi connectivity index (χ0v) is 26.2. The quantitative estimate of drug-likeness (QED) is 0.180. The normalized spacial score (nSPS) is 16.2. The van der Waals surface area contributed by atoms with Crippen molar-refractivity contribution < 1.29 is 29.0 Å². The van der Waals surface area contributed by atoms with Crippen LogP contribution in [0.2, 0.25) is 0 Å². The van der Waals surface area contributed by atoms with Crippen molar-refractivity contribution in [3.63, 3.8) is 0 Å². The second-order valence-corrected chi connectivity index (χ2v) is 12.0. The molecule has 3 aromatic carbocycles. The van der Waals surface area contributed by atoms with Gasteiger partial charge in [0.25, 0.3) is 0 Å². The summed E-state index contributed by atoms with van der Waals surface area (Å²) in [6.45, 7) is 0.622.